The van der Waals surface area contributed by atoms with Crippen LogP contribution in [-0.2, 0) is 11.3 Å². The molecule has 6 heteroatoms. The predicted octanol–water partition coefficient (Wildman–Crippen LogP) is 4.96. The molecule has 3 rings (SSSR count). The Bertz CT molecular complexity index is 928. The van der Waals surface area contributed by atoms with Crippen molar-refractivity contribution < 1.29 is 18.3 Å². The molecule has 0 fully saturated rings. The first kappa shape index (κ1) is 19.5. The number of carbonyl (C=O) groups excluding carboxylic acids is 1. The molecule has 144 valence electrons. The summed E-state index contributed by atoms with van der Waals surface area (Å²) in [5.41, 5.74) is 1.73. The van der Waals surface area contributed by atoms with Crippen LogP contribution in [0.2, 0.25) is 0 Å². The molecule has 0 radical (unpaired) electrons. The minimum atomic E-state index is -0.383. The van der Waals surface area contributed by atoms with Crippen LogP contribution in [-0.4, -0.2) is 10.9 Å². The quantitative estimate of drug-likeness (QED) is 0.628. The summed E-state index contributed by atoms with van der Waals surface area (Å²) < 4.78 is 31.6. The lowest BCUT2D eigenvalue weighted by molar-refractivity contribution is -0.121. The van der Waals surface area contributed by atoms with E-state index in [9.17, 15) is 13.6 Å². The van der Waals surface area contributed by atoms with E-state index in [0.29, 0.717) is 24.6 Å². The molecule has 0 aliphatic carbocycles. The fourth-order valence-corrected chi connectivity index (χ4v) is 2.69. The van der Waals surface area contributed by atoms with Crippen molar-refractivity contribution in [2.24, 2.45) is 0 Å². The molecule has 0 bridgehead atoms. The standard InChI is InChI=1S/C22H20F2N2O2/c1-15(17-6-8-18(23)9-7-17)11-21(27)25-13-16-5-10-22(26-14-16)28-20-4-2-3-19(24)12-20/h2-10,12,14-15H,11,13H2,1H3,(H,25,27). The SMILES string of the molecule is CC(CC(=O)NCc1ccc(Oc2cccc(F)c2)nc1)c1ccc(F)cc1. The van der Waals surface area contributed by atoms with E-state index in [-0.39, 0.29) is 23.5 Å². The minimum Gasteiger partial charge on any atom is -0.439 e. The molecule has 1 atom stereocenters. The summed E-state index contributed by atoms with van der Waals surface area (Å²) in [6.45, 7) is 2.26. The third kappa shape index (κ3) is 5.61. The van der Waals surface area contributed by atoms with Crippen molar-refractivity contribution in [1.29, 1.82) is 0 Å². The topological polar surface area (TPSA) is 51.2 Å². The number of rotatable bonds is 7. The highest BCUT2D eigenvalue weighted by molar-refractivity contribution is 5.76. The van der Waals surface area contributed by atoms with E-state index in [1.54, 1.807) is 42.6 Å². The fraction of sp³-hybridized carbons (Fsp3) is 0.182. The largest absolute Gasteiger partial charge is 0.439 e. The highest BCUT2D eigenvalue weighted by Crippen LogP contribution is 2.21. The molecule has 4 nitrogen and oxygen atoms in total. The Morgan fingerprint density at radius 2 is 1.86 bits per heavy atom. The number of carbonyl (C=O) groups is 1. The Morgan fingerprint density at radius 1 is 1.07 bits per heavy atom. The Kier molecular flexibility index (Phi) is 6.32. The number of halogens is 2. The van der Waals surface area contributed by atoms with Crippen LogP contribution in [0.15, 0.2) is 66.9 Å². The molecule has 3 aromatic rings. The summed E-state index contributed by atoms with van der Waals surface area (Å²) in [5.74, 6) is -0.0870. The van der Waals surface area contributed by atoms with Gasteiger partial charge in [-0.15, -0.1) is 0 Å². The van der Waals surface area contributed by atoms with E-state index in [0.717, 1.165) is 11.1 Å². The lowest BCUT2D eigenvalue weighted by Gasteiger charge is -2.12. The number of amides is 1. The monoisotopic (exact) mass is 382 g/mol. The van der Waals surface area contributed by atoms with Gasteiger partial charge in [0.1, 0.15) is 17.4 Å². The summed E-state index contributed by atoms with van der Waals surface area (Å²) in [6, 6.07) is 15.4. The van der Waals surface area contributed by atoms with Gasteiger partial charge in [-0.3, -0.25) is 4.79 Å². The molecule has 2 aromatic carbocycles. The molecule has 0 saturated carbocycles. The highest BCUT2D eigenvalue weighted by atomic mass is 19.1. The molecule has 0 aliphatic rings. The maximum absolute atomic E-state index is 13.2. The fourth-order valence-electron chi connectivity index (χ4n) is 2.69. The van der Waals surface area contributed by atoms with Crippen LogP contribution in [0.3, 0.4) is 0 Å². The number of nitrogens with zero attached hydrogens (tertiary/aromatic N) is 1. The van der Waals surface area contributed by atoms with Gasteiger partial charge >= 0.3 is 0 Å². The van der Waals surface area contributed by atoms with E-state index in [1.165, 1.54) is 24.3 Å². The van der Waals surface area contributed by atoms with E-state index in [4.69, 9.17) is 4.74 Å². The van der Waals surface area contributed by atoms with Crippen LogP contribution >= 0.6 is 0 Å². The van der Waals surface area contributed by atoms with Gasteiger partial charge in [-0.1, -0.05) is 31.2 Å². The Morgan fingerprint density at radius 3 is 2.54 bits per heavy atom. The maximum atomic E-state index is 13.2. The molecule has 1 aromatic heterocycles. The summed E-state index contributed by atoms with van der Waals surface area (Å²) in [6.07, 6.45) is 1.90. The predicted molar refractivity (Wildman–Crippen MR) is 102 cm³/mol. The number of benzene rings is 2. The van der Waals surface area contributed by atoms with Crippen LogP contribution in [0.1, 0.15) is 30.4 Å². The average molecular weight is 382 g/mol. The number of hydrogen-bond donors (Lipinski definition) is 1. The van der Waals surface area contributed by atoms with Crippen molar-refractivity contribution >= 4 is 5.91 Å². The molecular weight excluding hydrogens is 362 g/mol. The summed E-state index contributed by atoms with van der Waals surface area (Å²) in [7, 11) is 0. The van der Waals surface area contributed by atoms with Crippen LogP contribution < -0.4 is 10.1 Å². The summed E-state index contributed by atoms with van der Waals surface area (Å²) in [4.78, 5) is 16.3. The summed E-state index contributed by atoms with van der Waals surface area (Å²) in [5, 5.41) is 2.84. The van der Waals surface area contributed by atoms with Crippen LogP contribution in [0.25, 0.3) is 0 Å². The second-order valence-electron chi connectivity index (χ2n) is 6.50. The molecule has 1 heterocycles. The normalized spacial score (nSPS) is 11.7. The van der Waals surface area contributed by atoms with Crippen LogP contribution in [0.4, 0.5) is 8.78 Å². The van der Waals surface area contributed by atoms with Crippen molar-refractivity contribution in [2.45, 2.75) is 25.8 Å². The third-order valence-electron chi connectivity index (χ3n) is 4.24. The summed E-state index contributed by atoms with van der Waals surface area (Å²) >= 11 is 0. The Labute approximate surface area is 162 Å². The van der Waals surface area contributed by atoms with Gasteiger partial charge in [0.05, 0.1) is 0 Å². The number of aromatic nitrogens is 1. The average Bonchev–Trinajstić information content (AvgIpc) is 2.68. The Hall–Kier alpha value is -3.28. The van der Waals surface area contributed by atoms with E-state index in [1.807, 2.05) is 6.92 Å². The van der Waals surface area contributed by atoms with Gasteiger partial charge in [-0.05, 0) is 41.3 Å². The second kappa shape index (κ2) is 9.08. The molecule has 1 amide bonds. The molecule has 0 spiro atoms. The zero-order valence-electron chi connectivity index (χ0n) is 15.4. The molecule has 1 unspecified atom stereocenters. The van der Waals surface area contributed by atoms with Gasteiger partial charge in [0, 0.05) is 31.3 Å². The molecule has 28 heavy (non-hydrogen) atoms. The first-order valence-corrected chi connectivity index (χ1v) is 8.90. The Balaban J connectivity index is 1.48. The first-order valence-electron chi connectivity index (χ1n) is 8.90. The molecule has 0 saturated heterocycles. The molecular formula is C22H20F2N2O2. The van der Waals surface area contributed by atoms with Gasteiger partial charge in [-0.2, -0.15) is 0 Å². The van der Waals surface area contributed by atoms with Crippen LogP contribution in [0, 0.1) is 11.6 Å². The number of hydrogen-bond acceptors (Lipinski definition) is 3. The third-order valence-corrected chi connectivity index (χ3v) is 4.24. The number of ether oxygens (including phenoxy) is 1. The van der Waals surface area contributed by atoms with E-state index in [2.05, 4.69) is 10.3 Å². The first-order chi connectivity index (χ1) is 13.5. The van der Waals surface area contributed by atoms with Gasteiger partial charge in [0.25, 0.3) is 0 Å². The lowest BCUT2D eigenvalue weighted by Crippen LogP contribution is -2.24. The van der Waals surface area contributed by atoms with Crippen molar-refractivity contribution in [3.05, 3.63) is 89.6 Å². The molecule has 0 aliphatic heterocycles. The number of nitrogens with one attached hydrogen (secondary N) is 1. The zero-order valence-corrected chi connectivity index (χ0v) is 15.4. The minimum absolute atomic E-state index is 0.0132. The maximum Gasteiger partial charge on any atom is 0.220 e. The second-order valence-corrected chi connectivity index (χ2v) is 6.50. The number of pyridine rings is 1. The van der Waals surface area contributed by atoms with Crippen molar-refractivity contribution in [3.8, 4) is 11.6 Å². The van der Waals surface area contributed by atoms with Crippen molar-refractivity contribution in [1.82, 2.24) is 10.3 Å². The van der Waals surface area contributed by atoms with E-state index >= 15 is 0 Å². The van der Waals surface area contributed by atoms with Crippen molar-refractivity contribution in [2.75, 3.05) is 0 Å². The van der Waals surface area contributed by atoms with E-state index < -0.39 is 0 Å². The highest BCUT2D eigenvalue weighted by Gasteiger charge is 2.11. The van der Waals surface area contributed by atoms with Gasteiger partial charge in [-0.25, -0.2) is 13.8 Å². The van der Waals surface area contributed by atoms with Crippen molar-refractivity contribution in [3.63, 3.8) is 0 Å². The van der Waals surface area contributed by atoms with Gasteiger partial charge in [0.2, 0.25) is 11.8 Å². The van der Waals surface area contributed by atoms with Crippen LogP contribution in [0.5, 0.6) is 11.6 Å². The smallest absolute Gasteiger partial charge is 0.220 e. The molecule has 1 N–H and O–H groups in total. The lowest BCUT2D eigenvalue weighted by atomic mass is 9.97. The zero-order chi connectivity index (χ0) is 19.9. The van der Waals surface area contributed by atoms with Gasteiger partial charge in [0.15, 0.2) is 0 Å². The van der Waals surface area contributed by atoms with Gasteiger partial charge < -0.3 is 10.1 Å².